The van der Waals surface area contributed by atoms with Crippen LogP contribution < -0.4 is 18.9 Å². The number of methoxy groups -OCH3 is 3. The van der Waals surface area contributed by atoms with Crippen molar-refractivity contribution in [2.75, 3.05) is 147 Å². The average Bonchev–Trinajstić information content (AvgIpc) is 4.17. The number of H-pyrrole nitrogens is 2. The minimum Gasteiger partial charge on any atom is -0.494 e. The third-order valence-electron chi connectivity index (χ3n) is 12.4. The Morgan fingerprint density at radius 2 is 0.727 bits per heavy atom. The van der Waals surface area contributed by atoms with Gasteiger partial charge in [-0.3, -0.25) is 9.59 Å². The standard InChI is InChI=1S/C60H92N2O15/c1-5-6-7-8-9-10-11-12-13-14-15-16-17-18-27-74-51-21-19-49(20-22-51)52-23-25-54(61-52)56(63)48-57(64)55-26-24-53(62-55)50-46-58(75-43-40-71-37-34-68-31-28-65-2)60(77-45-42-73-39-36-70-33-30-67-4)59(47-50)76-44-41-72-38-35-69-32-29-66-3/h19-26,46-47,61-62H,5-18,27-45,48H2,1-4H3. The van der Waals surface area contributed by atoms with Gasteiger partial charge < -0.3 is 71.5 Å². The molecule has 17 nitrogen and oxygen atoms in total. The molecule has 17 heteroatoms. The van der Waals surface area contributed by atoms with Crippen molar-refractivity contribution in [2.24, 2.45) is 0 Å². The van der Waals surface area contributed by atoms with Crippen molar-refractivity contribution >= 4 is 11.6 Å². The van der Waals surface area contributed by atoms with Crippen LogP contribution >= 0.6 is 0 Å². The second-order valence-corrected chi connectivity index (χ2v) is 18.6. The molecule has 0 aliphatic rings. The molecular formula is C60H92N2O15. The van der Waals surface area contributed by atoms with Gasteiger partial charge >= 0.3 is 0 Å². The second-order valence-electron chi connectivity index (χ2n) is 18.6. The number of carbonyl (C=O) groups excluding carboxylic acids is 2. The summed E-state index contributed by atoms with van der Waals surface area (Å²) in [5.41, 5.74) is 3.57. The number of ether oxygens (including phenoxy) is 13. The van der Waals surface area contributed by atoms with Crippen molar-refractivity contribution in [3.63, 3.8) is 0 Å². The maximum atomic E-state index is 13.7. The van der Waals surface area contributed by atoms with E-state index in [0.717, 1.165) is 23.4 Å². The van der Waals surface area contributed by atoms with E-state index in [1.54, 1.807) is 51.7 Å². The minimum atomic E-state index is -0.360. The highest BCUT2D eigenvalue weighted by molar-refractivity contribution is 6.12. The minimum absolute atomic E-state index is 0.188. The molecule has 0 atom stereocenters. The Kier molecular flexibility index (Phi) is 36.2. The molecule has 0 amide bonds. The monoisotopic (exact) mass is 1080 g/mol. The number of hydrogen-bond acceptors (Lipinski definition) is 15. The Morgan fingerprint density at radius 1 is 0.364 bits per heavy atom. The quantitative estimate of drug-likeness (QED) is 0.0241. The summed E-state index contributed by atoms with van der Waals surface area (Å²) < 4.78 is 73.8. The van der Waals surface area contributed by atoms with E-state index in [0.29, 0.717) is 120 Å². The van der Waals surface area contributed by atoms with Crippen LogP contribution in [0.5, 0.6) is 23.0 Å². The molecular weight excluding hydrogens is 989 g/mol. The number of Topliss-reactive ketones (excluding diaryl/α,β-unsaturated/α-hetero) is 2. The lowest BCUT2D eigenvalue weighted by Gasteiger charge is -2.19. The van der Waals surface area contributed by atoms with Crippen LogP contribution in [0.25, 0.3) is 22.5 Å². The van der Waals surface area contributed by atoms with Gasteiger partial charge in [0, 0.05) is 38.3 Å². The molecule has 0 unspecified atom stereocenters. The molecule has 4 aromatic rings. The van der Waals surface area contributed by atoms with E-state index in [-0.39, 0.29) is 63.3 Å². The summed E-state index contributed by atoms with van der Waals surface area (Å²) in [5.74, 6) is 1.26. The summed E-state index contributed by atoms with van der Waals surface area (Å²) in [4.78, 5) is 33.6. The topological polar surface area (TPSA) is 186 Å². The van der Waals surface area contributed by atoms with Crippen molar-refractivity contribution in [3.05, 3.63) is 72.1 Å². The first-order valence-electron chi connectivity index (χ1n) is 28.1. The maximum absolute atomic E-state index is 13.7. The fourth-order valence-electron chi connectivity index (χ4n) is 8.11. The van der Waals surface area contributed by atoms with E-state index >= 15 is 0 Å². The van der Waals surface area contributed by atoms with Crippen LogP contribution in [-0.2, 0) is 42.6 Å². The summed E-state index contributed by atoms with van der Waals surface area (Å²) in [6.45, 7) is 9.71. The van der Waals surface area contributed by atoms with Gasteiger partial charge in [-0.2, -0.15) is 0 Å². The number of benzene rings is 2. The summed E-state index contributed by atoms with van der Waals surface area (Å²) in [7, 11) is 4.87. The zero-order valence-electron chi connectivity index (χ0n) is 46.9. The Balaban J connectivity index is 1.33. The van der Waals surface area contributed by atoms with Crippen molar-refractivity contribution in [3.8, 4) is 45.5 Å². The first kappa shape index (κ1) is 64.7. The van der Waals surface area contributed by atoms with Gasteiger partial charge in [-0.1, -0.05) is 90.4 Å². The molecule has 432 valence electrons. The molecule has 0 radical (unpaired) electrons. The van der Waals surface area contributed by atoms with Gasteiger partial charge in [0.1, 0.15) is 25.6 Å². The van der Waals surface area contributed by atoms with Crippen molar-refractivity contribution < 1.29 is 71.2 Å². The largest absolute Gasteiger partial charge is 0.494 e. The van der Waals surface area contributed by atoms with Gasteiger partial charge in [-0.05, 0) is 72.6 Å². The molecule has 77 heavy (non-hydrogen) atoms. The van der Waals surface area contributed by atoms with Crippen LogP contribution in [-0.4, -0.2) is 168 Å². The third-order valence-corrected chi connectivity index (χ3v) is 12.4. The lowest BCUT2D eigenvalue weighted by atomic mass is 10.0. The predicted molar refractivity (Wildman–Crippen MR) is 299 cm³/mol. The molecule has 2 aromatic carbocycles. The highest BCUT2D eigenvalue weighted by Crippen LogP contribution is 2.42. The van der Waals surface area contributed by atoms with Gasteiger partial charge in [0.15, 0.2) is 23.1 Å². The average molecular weight is 1080 g/mol. The zero-order chi connectivity index (χ0) is 54.6. The summed E-state index contributed by atoms with van der Waals surface area (Å²) in [5, 5.41) is 0. The summed E-state index contributed by atoms with van der Waals surface area (Å²) in [6.07, 6.45) is 18.2. The molecule has 0 fully saturated rings. The number of nitrogens with one attached hydrogen (secondary N) is 2. The third kappa shape index (κ3) is 28.6. The molecule has 2 N–H and O–H groups in total. The second kappa shape index (κ2) is 43.1. The van der Waals surface area contributed by atoms with Gasteiger partial charge in [0.05, 0.1) is 124 Å². The van der Waals surface area contributed by atoms with E-state index in [9.17, 15) is 9.59 Å². The van der Waals surface area contributed by atoms with Gasteiger partial charge in [0.25, 0.3) is 0 Å². The summed E-state index contributed by atoms with van der Waals surface area (Å²) in [6, 6.07) is 18.5. The van der Waals surface area contributed by atoms with E-state index < -0.39 is 0 Å². The molecule has 2 aromatic heterocycles. The van der Waals surface area contributed by atoms with Crippen LogP contribution in [0.1, 0.15) is 124 Å². The molecule has 4 rings (SSSR count). The van der Waals surface area contributed by atoms with Crippen LogP contribution in [0, 0.1) is 0 Å². The fourth-order valence-corrected chi connectivity index (χ4v) is 8.11. The molecule has 0 aliphatic carbocycles. The molecule has 0 saturated heterocycles. The van der Waals surface area contributed by atoms with E-state index in [1.807, 2.05) is 30.3 Å². The lowest BCUT2D eigenvalue weighted by Crippen LogP contribution is -2.15. The summed E-state index contributed by atoms with van der Waals surface area (Å²) >= 11 is 0. The number of rotatable bonds is 52. The lowest BCUT2D eigenvalue weighted by molar-refractivity contribution is 0.0146. The van der Waals surface area contributed by atoms with Gasteiger partial charge in [-0.15, -0.1) is 0 Å². The smallest absolute Gasteiger partial charge is 0.203 e. The highest BCUT2D eigenvalue weighted by atomic mass is 16.6. The van der Waals surface area contributed by atoms with Crippen molar-refractivity contribution in [2.45, 2.75) is 103 Å². The van der Waals surface area contributed by atoms with Gasteiger partial charge in [0.2, 0.25) is 5.75 Å². The number of unbranched alkanes of at least 4 members (excludes halogenated alkanes) is 13. The molecule has 0 saturated carbocycles. The first-order valence-corrected chi connectivity index (χ1v) is 28.1. The van der Waals surface area contributed by atoms with E-state index in [2.05, 4.69) is 16.9 Å². The Bertz CT molecular complexity index is 2050. The normalized spacial score (nSPS) is 11.4. The molecule has 2 heterocycles. The van der Waals surface area contributed by atoms with Crippen LogP contribution in [0.15, 0.2) is 60.7 Å². The Labute approximate surface area is 458 Å². The fraction of sp³-hybridized carbons (Fsp3) is 0.633. The van der Waals surface area contributed by atoms with Crippen molar-refractivity contribution in [1.82, 2.24) is 9.97 Å². The Morgan fingerprint density at radius 3 is 1.14 bits per heavy atom. The number of hydrogen-bond donors (Lipinski definition) is 2. The predicted octanol–water partition coefficient (Wildman–Crippen LogP) is 11.2. The molecule has 0 aliphatic heterocycles. The first-order chi connectivity index (χ1) is 38.0. The van der Waals surface area contributed by atoms with Crippen molar-refractivity contribution in [1.29, 1.82) is 0 Å². The van der Waals surface area contributed by atoms with Gasteiger partial charge in [-0.25, -0.2) is 0 Å². The molecule has 0 spiro atoms. The van der Waals surface area contributed by atoms with Crippen LogP contribution in [0.3, 0.4) is 0 Å². The zero-order valence-corrected chi connectivity index (χ0v) is 46.9. The van der Waals surface area contributed by atoms with E-state index in [4.69, 9.17) is 61.6 Å². The Hall–Kier alpha value is -4.82. The van der Waals surface area contributed by atoms with Crippen LogP contribution in [0.2, 0.25) is 0 Å². The number of ketones is 2. The highest BCUT2D eigenvalue weighted by Gasteiger charge is 2.21. The number of aromatic amines is 2. The number of carbonyl (C=O) groups is 2. The molecule has 0 bridgehead atoms. The number of aromatic nitrogens is 2. The van der Waals surface area contributed by atoms with E-state index in [1.165, 1.54) is 83.5 Å². The van der Waals surface area contributed by atoms with Crippen LogP contribution in [0.4, 0.5) is 0 Å². The maximum Gasteiger partial charge on any atom is 0.203 e. The SMILES string of the molecule is CCCCCCCCCCCCCCCCOc1ccc(-c2ccc(C(=O)CC(=O)c3ccc(-c4cc(OCCOCCOCCOC)c(OCCOCCOCCOC)c(OCCOCCOCCOC)c4)[nH]3)[nH]2)cc1.